The third-order valence-corrected chi connectivity index (χ3v) is 7.27. The summed E-state index contributed by atoms with van der Waals surface area (Å²) in [6.45, 7) is 5.81. The number of likely N-dealkylation sites (tertiary alicyclic amines) is 2. The largest absolute Gasteiger partial charge is 0.342 e. The first kappa shape index (κ1) is 20.4. The van der Waals surface area contributed by atoms with Gasteiger partial charge in [0.15, 0.2) is 5.16 Å². The molecule has 2 saturated heterocycles. The molecule has 0 aliphatic carbocycles. The van der Waals surface area contributed by atoms with E-state index in [0.717, 1.165) is 56.5 Å². The van der Waals surface area contributed by atoms with Crippen molar-refractivity contribution in [1.82, 2.24) is 29.0 Å². The first-order chi connectivity index (χ1) is 15.1. The van der Waals surface area contributed by atoms with E-state index in [9.17, 15) is 9.59 Å². The van der Waals surface area contributed by atoms with Crippen LogP contribution in [0.5, 0.6) is 0 Å². The van der Waals surface area contributed by atoms with E-state index in [1.807, 2.05) is 43.0 Å². The van der Waals surface area contributed by atoms with Gasteiger partial charge in [0.05, 0.1) is 16.8 Å². The maximum atomic E-state index is 12.8. The molecule has 0 spiro atoms. The van der Waals surface area contributed by atoms with Gasteiger partial charge in [-0.15, -0.1) is 10.2 Å². The number of benzene rings is 1. The van der Waals surface area contributed by atoms with Crippen molar-refractivity contribution in [2.24, 2.45) is 5.92 Å². The van der Waals surface area contributed by atoms with Crippen molar-refractivity contribution in [1.29, 1.82) is 0 Å². The Kier molecular flexibility index (Phi) is 5.60. The van der Waals surface area contributed by atoms with E-state index in [1.165, 1.54) is 18.2 Å². The second-order valence-corrected chi connectivity index (χ2v) is 9.60. The molecular formula is C22H28N6O2S. The summed E-state index contributed by atoms with van der Waals surface area (Å²) in [7, 11) is 0. The second-order valence-electron chi connectivity index (χ2n) is 8.66. The van der Waals surface area contributed by atoms with Crippen LogP contribution in [0.15, 0.2) is 29.4 Å². The van der Waals surface area contributed by atoms with Gasteiger partial charge in [-0.25, -0.2) is 0 Å². The van der Waals surface area contributed by atoms with Gasteiger partial charge >= 0.3 is 0 Å². The van der Waals surface area contributed by atoms with Gasteiger partial charge in [-0.3, -0.25) is 18.6 Å². The molecule has 3 aromatic rings. The highest BCUT2D eigenvalue weighted by Crippen LogP contribution is 2.27. The van der Waals surface area contributed by atoms with Gasteiger partial charge in [-0.1, -0.05) is 30.8 Å². The van der Waals surface area contributed by atoms with Gasteiger partial charge < -0.3 is 9.80 Å². The van der Waals surface area contributed by atoms with Gasteiger partial charge in [0, 0.05) is 26.2 Å². The van der Waals surface area contributed by atoms with Gasteiger partial charge in [-0.2, -0.15) is 0 Å². The van der Waals surface area contributed by atoms with E-state index < -0.39 is 0 Å². The van der Waals surface area contributed by atoms with Crippen molar-refractivity contribution in [3.8, 4) is 0 Å². The number of hydrogen-bond acceptors (Lipinski definition) is 5. The van der Waals surface area contributed by atoms with E-state index in [4.69, 9.17) is 0 Å². The Labute approximate surface area is 185 Å². The number of hydrogen-bond donors (Lipinski definition) is 0. The average Bonchev–Trinajstić information content (AvgIpc) is 3.51. The number of imidazole rings is 1. The summed E-state index contributed by atoms with van der Waals surface area (Å²) in [4.78, 5) is 29.4. The number of para-hydroxylation sites is 2. The minimum atomic E-state index is 0.118. The molecule has 1 aromatic carbocycles. The van der Waals surface area contributed by atoms with Crippen LogP contribution in [0.25, 0.3) is 16.8 Å². The SMILES string of the molecule is C[C@@H]1CCCN(C(=O)CSc2nnc3n(CC(=O)N4CCCC4)c4ccccc4n23)C1. The van der Waals surface area contributed by atoms with Crippen molar-refractivity contribution >= 4 is 40.4 Å². The Morgan fingerprint density at radius 2 is 1.74 bits per heavy atom. The predicted octanol–water partition coefficient (Wildman–Crippen LogP) is 2.66. The van der Waals surface area contributed by atoms with Crippen molar-refractivity contribution in [3.63, 3.8) is 0 Å². The molecule has 164 valence electrons. The monoisotopic (exact) mass is 440 g/mol. The van der Waals surface area contributed by atoms with Crippen LogP contribution in [-0.2, 0) is 16.1 Å². The molecule has 9 heteroatoms. The Hall–Kier alpha value is -2.55. The van der Waals surface area contributed by atoms with Crippen molar-refractivity contribution in [2.45, 2.75) is 44.3 Å². The molecule has 5 rings (SSSR count). The minimum Gasteiger partial charge on any atom is -0.342 e. The first-order valence-electron chi connectivity index (χ1n) is 11.1. The zero-order valence-corrected chi connectivity index (χ0v) is 18.7. The summed E-state index contributed by atoms with van der Waals surface area (Å²) < 4.78 is 3.92. The first-order valence-corrected chi connectivity index (χ1v) is 12.1. The molecule has 4 heterocycles. The molecule has 8 nitrogen and oxygen atoms in total. The molecule has 2 aliphatic rings. The predicted molar refractivity (Wildman–Crippen MR) is 120 cm³/mol. The number of fused-ring (bicyclic) bond motifs is 3. The van der Waals surface area contributed by atoms with Crippen LogP contribution in [0.2, 0.25) is 0 Å². The summed E-state index contributed by atoms with van der Waals surface area (Å²) in [5, 5.41) is 9.45. The number of piperidine rings is 1. The molecule has 0 saturated carbocycles. The smallest absolute Gasteiger partial charge is 0.242 e. The number of carbonyl (C=O) groups excluding carboxylic acids is 2. The van der Waals surface area contributed by atoms with Crippen LogP contribution in [-0.4, -0.2) is 72.7 Å². The Morgan fingerprint density at radius 1 is 1.00 bits per heavy atom. The quantitative estimate of drug-likeness (QED) is 0.570. The normalized spacial score (nSPS) is 19.6. The molecule has 0 bridgehead atoms. The highest BCUT2D eigenvalue weighted by molar-refractivity contribution is 7.99. The van der Waals surface area contributed by atoms with Crippen LogP contribution in [0.3, 0.4) is 0 Å². The van der Waals surface area contributed by atoms with Gasteiger partial charge in [-0.05, 0) is 43.7 Å². The van der Waals surface area contributed by atoms with Crippen LogP contribution < -0.4 is 0 Å². The Balaban J connectivity index is 1.40. The second kappa shape index (κ2) is 8.53. The van der Waals surface area contributed by atoms with Crippen LogP contribution >= 0.6 is 11.8 Å². The maximum Gasteiger partial charge on any atom is 0.242 e. The fourth-order valence-electron chi connectivity index (χ4n) is 4.72. The van der Waals surface area contributed by atoms with E-state index in [2.05, 4.69) is 17.1 Å². The van der Waals surface area contributed by atoms with Crippen LogP contribution in [0.1, 0.15) is 32.6 Å². The molecule has 2 fully saturated rings. The van der Waals surface area contributed by atoms with Gasteiger partial charge in [0.25, 0.3) is 0 Å². The fourth-order valence-corrected chi connectivity index (χ4v) is 5.56. The highest BCUT2D eigenvalue weighted by Gasteiger charge is 2.24. The lowest BCUT2D eigenvalue weighted by molar-refractivity contribution is -0.131. The van der Waals surface area contributed by atoms with E-state index in [1.54, 1.807) is 0 Å². The molecule has 0 N–H and O–H groups in total. The zero-order chi connectivity index (χ0) is 21.4. The van der Waals surface area contributed by atoms with Gasteiger partial charge in [0.1, 0.15) is 6.54 Å². The van der Waals surface area contributed by atoms with Crippen LogP contribution in [0, 0.1) is 5.92 Å². The maximum absolute atomic E-state index is 12.8. The summed E-state index contributed by atoms with van der Waals surface area (Å²) in [6.07, 6.45) is 4.41. The van der Waals surface area contributed by atoms with Crippen molar-refractivity contribution in [2.75, 3.05) is 31.9 Å². The molecule has 31 heavy (non-hydrogen) atoms. The van der Waals surface area contributed by atoms with E-state index in [-0.39, 0.29) is 18.4 Å². The molecule has 0 unspecified atom stereocenters. The molecule has 2 aromatic heterocycles. The molecule has 0 radical (unpaired) electrons. The number of carbonyl (C=O) groups is 2. The summed E-state index contributed by atoms with van der Waals surface area (Å²) >= 11 is 1.42. The lowest BCUT2D eigenvalue weighted by Gasteiger charge is -2.30. The third kappa shape index (κ3) is 3.91. The number of aromatic nitrogens is 4. The van der Waals surface area contributed by atoms with E-state index >= 15 is 0 Å². The third-order valence-electron chi connectivity index (χ3n) is 6.36. The van der Waals surface area contributed by atoms with Crippen molar-refractivity contribution in [3.05, 3.63) is 24.3 Å². The number of rotatable bonds is 5. The lowest BCUT2D eigenvalue weighted by Crippen LogP contribution is -2.40. The standard InChI is InChI=1S/C22H28N6O2S/c1-16-7-6-12-26(13-16)20(30)15-31-22-24-23-21-27(14-19(29)25-10-4-5-11-25)17-8-2-3-9-18(17)28(21)22/h2-3,8-9,16H,4-7,10-15H2,1H3/t16-/m1/s1. The minimum absolute atomic E-state index is 0.118. The zero-order valence-electron chi connectivity index (χ0n) is 17.9. The molecule has 2 amide bonds. The van der Waals surface area contributed by atoms with Gasteiger partial charge in [0.2, 0.25) is 17.6 Å². The highest BCUT2D eigenvalue weighted by atomic mass is 32.2. The fraction of sp³-hybridized carbons (Fsp3) is 0.545. The lowest BCUT2D eigenvalue weighted by atomic mass is 10.0. The molecule has 2 aliphatic heterocycles. The summed E-state index contributed by atoms with van der Waals surface area (Å²) in [5.74, 6) is 1.83. The van der Waals surface area contributed by atoms with Crippen molar-refractivity contribution < 1.29 is 9.59 Å². The average molecular weight is 441 g/mol. The Morgan fingerprint density at radius 3 is 2.52 bits per heavy atom. The number of amides is 2. The van der Waals surface area contributed by atoms with E-state index in [0.29, 0.717) is 22.6 Å². The number of nitrogens with zero attached hydrogens (tertiary/aromatic N) is 6. The Bertz CT molecular complexity index is 1120. The summed E-state index contributed by atoms with van der Waals surface area (Å²) in [6, 6.07) is 7.97. The molecular weight excluding hydrogens is 412 g/mol. The van der Waals surface area contributed by atoms with Crippen LogP contribution in [0.4, 0.5) is 0 Å². The number of thioether (sulfide) groups is 1. The molecule has 1 atom stereocenters. The topological polar surface area (TPSA) is 75.7 Å². The summed E-state index contributed by atoms with van der Waals surface area (Å²) in [5.41, 5.74) is 1.91.